The van der Waals surface area contributed by atoms with Gasteiger partial charge in [0.15, 0.2) is 0 Å². The second-order valence-corrected chi connectivity index (χ2v) is 10.4. The summed E-state index contributed by atoms with van der Waals surface area (Å²) in [6.07, 6.45) is 2.30. The number of rotatable bonds is 7. The number of benzene rings is 2. The molecule has 0 aliphatic carbocycles. The summed E-state index contributed by atoms with van der Waals surface area (Å²) < 4.78 is 32.7. The molecule has 2 fully saturated rings. The zero-order valence-corrected chi connectivity index (χ0v) is 19.4. The molecule has 2 heterocycles. The average Bonchev–Trinajstić information content (AvgIpc) is 3.35. The molecule has 1 atom stereocenters. The monoisotopic (exact) mass is 477 g/mol. The van der Waals surface area contributed by atoms with Crippen molar-refractivity contribution in [3.8, 4) is 0 Å². The summed E-state index contributed by atoms with van der Waals surface area (Å²) in [4.78, 5) is 15.3. The molecule has 0 aromatic heterocycles. The summed E-state index contributed by atoms with van der Waals surface area (Å²) in [5.41, 5.74) is 1.43. The standard InChI is InChI=1S/C23H28ClN3O4S/c24-20-9-8-19(16-22(20)32(29,30)27-12-14-31-15-13-27)23(28)25-17-21(26-10-4-5-11-26)18-6-2-1-3-7-18/h1-3,6-9,16,21H,4-5,10-15,17H2,(H,25,28)/t21-/m0/s1. The second kappa shape index (κ2) is 10.3. The van der Waals surface area contributed by atoms with Crippen LogP contribution in [-0.4, -0.2) is 69.5 Å². The number of ether oxygens (including phenoxy) is 1. The molecule has 4 rings (SSSR count). The van der Waals surface area contributed by atoms with Crippen molar-refractivity contribution < 1.29 is 17.9 Å². The van der Waals surface area contributed by atoms with Crippen LogP contribution in [0.4, 0.5) is 0 Å². The van der Waals surface area contributed by atoms with E-state index in [1.807, 2.05) is 18.2 Å². The minimum absolute atomic E-state index is 0.0483. The van der Waals surface area contributed by atoms with Crippen LogP contribution < -0.4 is 5.32 Å². The van der Waals surface area contributed by atoms with Gasteiger partial charge in [-0.25, -0.2) is 8.42 Å². The normalized spacial score (nSPS) is 19.0. The Morgan fingerprint density at radius 3 is 2.41 bits per heavy atom. The van der Waals surface area contributed by atoms with Gasteiger partial charge in [-0.2, -0.15) is 4.31 Å². The van der Waals surface area contributed by atoms with Crippen molar-refractivity contribution in [1.82, 2.24) is 14.5 Å². The number of hydrogen-bond donors (Lipinski definition) is 1. The van der Waals surface area contributed by atoms with Crippen LogP contribution in [0.5, 0.6) is 0 Å². The largest absolute Gasteiger partial charge is 0.379 e. The summed E-state index contributed by atoms with van der Waals surface area (Å²) >= 11 is 6.22. The van der Waals surface area contributed by atoms with Gasteiger partial charge < -0.3 is 10.1 Å². The van der Waals surface area contributed by atoms with E-state index in [4.69, 9.17) is 16.3 Å². The summed E-state index contributed by atoms with van der Waals surface area (Å²) in [5.74, 6) is -0.319. The third kappa shape index (κ3) is 5.15. The van der Waals surface area contributed by atoms with E-state index >= 15 is 0 Å². The molecular weight excluding hydrogens is 450 g/mol. The molecule has 2 aliphatic heterocycles. The van der Waals surface area contributed by atoms with E-state index in [-0.39, 0.29) is 40.5 Å². The predicted octanol–water partition coefficient (Wildman–Crippen LogP) is 2.93. The number of carbonyl (C=O) groups excluding carboxylic acids is 1. The number of likely N-dealkylation sites (tertiary alicyclic amines) is 1. The molecule has 172 valence electrons. The van der Waals surface area contributed by atoms with Gasteiger partial charge >= 0.3 is 0 Å². The second-order valence-electron chi connectivity index (χ2n) is 8.04. The first-order valence-electron chi connectivity index (χ1n) is 10.9. The third-order valence-corrected chi connectivity index (χ3v) is 8.38. The molecule has 7 nitrogen and oxygen atoms in total. The Morgan fingerprint density at radius 1 is 1.03 bits per heavy atom. The molecule has 32 heavy (non-hydrogen) atoms. The number of amides is 1. The maximum absolute atomic E-state index is 13.1. The highest BCUT2D eigenvalue weighted by molar-refractivity contribution is 7.89. The molecule has 0 spiro atoms. The fourth-order valence-corrected chi connectivity index (χ4v) is 6.15. The summed E-state index contributed by atoms with van der Waals surface area (Å²) in [6.45, 7) is 3.66. The quantitative estimate of drug-likeness (QED) is 0.663. The highest BCUT2D eigenvalue weighted by atomic mass is 35.5. The van der Waals surface area contributed by atoms with Gasteiger partial charge in [0.1, 0.15) is 4.90 Å². The van der Waals surface area contributed by atoms with Crippen LogP contribution >= 0.6 is 11.6 Å². The number of nitrogens with zero attached hydrogens (tertiary/aromatic N) is 2. The predicted molar refractivity (Wildman–Crippen MR) is 123 cm³/mol. The number of nitrogens with one attached hydrogen (secondary N) is 1. The lowest BCUT2D eigenvalue weighted by Crippen LogP contribution is -2.40. The smallest absolute Gasteiger partial charge is 0.251 e. The van der Waals surface area contributed by atoms with E-state index in [2.05, 4.69) is 22.3 Å². The van der Waals surface area contributed by atoms with Crippen LogP contribution in [0.25, 0.3) is 0 Å². The molecule has 0 radical (unpaired) electrons. The molecule has 0 saturated carbocycles. The first-order valence-corrected chi connectivity index (χ1v) is 12.7. The summed E-state index contributed by atoms with van der Waals surface area (Å²) in [6, 6.07) is 14.6. The Kier molecular flexibility index (Phi) is 7.48. The molecule has 0 unspecified atom stereocenters. The minimum Gasteiger partial charge on any atom is -0.379 e. The SMILES string of the molecule is O=C(NC[C@@H](c1ccccc1)N1CCCC1)c1ccc(Cl)c(S(=O)(=O)N2CCOCC2)c1. The van der Waals surface area contributed by atoms with Crippen molar-refractivity contribution in [3.05, 3.63) is 64.7 Å². The first-order chi connectivity index (χ1) is 15.5. The van der Waals surface area contributed by atoms with Crippen LogP contribution in [0.15, 0.2) is 53.4 Å². The zero-order chi connectivity index (χ0) is 22.6. The van der Waals surface area contributed by atoms with Gasteiger partial charge in [-0.05, 0) is 49.7 Å². The van der Waals surface area contributed by atoms with E-state index in [0.717, 1.165) is 31.5 Å². The topological polar surface area (TPSA) is 79.0 Å². The fourth-order valence-electron chi connectivity index (χ4n) is 4.25. The Labute approximate surface area is 194 Å². The van der Waals surface area contributed by atoms with Gasteiger partial charge in [-0.1, -0.05) is 41.9 Å². The summed E-state index contributed by atoms with van der Waals surface area (Å²) in [7, 11) is -3.80. The molecule has 1 amide bonds. The Balaban J connectivity index is 1.51. The van der Waals surface area contributed by atoms with E-state index in [1.165, 1.54) is 16.4 Å². The fraction of sp³-hybridized carbons (Fsp3) is 0.435. The van der Waals surface area contributed by atoms with Gasteiger partial charge in [-0.15, -0.1) is 0 Å². The maximum atomic E-state index is 13.1. The van der Waals surface area contributed by atoms with Gasteiger partial charge in [0, 0.05) is 25.2 Å². The van der Waals surface area contributed by atoms with Crippen LogP contribution in [-0.2, 0) is 14.8 Å². The zero-order valence-electron chi connectivity index (χ0n) is 17.9. The number of sulfonamides is 1. The average molecular weight is 478 g/mol. The molecule has 9 heteroatoms. The van der Waals surface area contributed by atoms with Crippen LogP contribution in [0.1, 0.15) is 34.8 Å². The van der Waals surface area contributed by atoms with E-state index < -0.39 is 10.0 Å². The highest BCUT2D eigenvalue weighted by Gasteiger charge is 2.29. The van der Waals surface area contributed by atoms with Gasteiger partial charge in [0.05, 0.1) is 24.3 Å². The van der Waals surface area contributed by atoms with Crippen molar-refractivity contribution in [1.29, 1.82) is 0 Å². The van der Waals surface area contributed by atoms with Crippen molar-refractivity contribution in [2.45, 2.75) is 23.8 Å². The lowest BCUT2D eigenvalue weighted by molar-refractivity contribution is 0.0730. The lowest BCUT2D eigenvalue weighted by atomic mass is 10.1. The maximum Gasteiger partial charge on any atom is 0.251 e. The molecule has 2 aliphatic rings. The number of carbonyl (C=O) groups is 1. The third-order valence-electron chi connectivity index (χ3n) is 6.00. The highest BCUT2D eigenvalue weighted by Crippen LogP contribution is 2.27. The molecule has 2 aromatic carbocycles. The molecular formula is C23H28ClN3O4S. The Hall–Kier alpha value is -1.97. The molecule has 1 N–H and O–H groups in total. The Bertz CT molecular complexity index is 1040. The van der Waals surface area contributed by atoms with Gasteiger partial charge in [-0.3, -0.25) is 9.69 Å². The number of hydrogen-bond acceptors (Lipinski definition) is 5. The molecule has 0 bridgehead atoms. The minimum atomic E-state index is -3.80. The van der Waals surface area contributed by atoms with Crippen LogP contribution in [0.2, 0.25) is 5.02 Å². The van der Waals surface area contributed by atoms with Crippen molar-refractivity contribution >= 4 is 27.5 Å². The van der Waals surface area contributed by atoms with Crippen LogP contribution in [0, 0.1) is 0 Å². The van der Waals surface area contributed by atoms with E-state index in [1.54, 1.807) is 6.07 Å². The van der Waals surface area contributed by atoms with E-state index in [9.17, 15) is 13.2 Å². The number of halogens is 1. The van der Waals surface area contributed by atoms with Crippen molar-refractivity contribution in [2.24, 2.45) is 0 Å². The first kappa shape index (κ1) is 23.2. The van der Waals surface area contributed by atoms with Crippen molar-refractivity contribution in [3.63, 3.8) is 0 Å². The lowest BCUT2D eigenvalue weighted by Gasteiger charge is -2.28. The van der Waals surface area contributed by atoms with Gasteiger partial charge in [0.25, 0.3) is 5.91 Å². The molecule has 2 aromatic rings. The number of morpholine rings is 1. The van der Waals surface area contributed by atoms with Crippen LogP contribution in [0.3, 0.4) is 0 Å². The summed E-state index contributed by atoms with van der Waals surface area (Å²) in [5, 5.41) is 3.10. The van der Waals surface area contributed by atoms with Crippen molar-refractivity contribution in [2.75, 3.05) is 45.9 Å². The Morgan fingerprint density at radius 2 is 1.72 bits per heavy atom. The van der Waals surface area contributed by atoms with Gasteiger partial charge in [0.2, 0.25) is 10.0 Å². The molecule has 2 saturated heterocycles. The van der Waals surface area contributed by atoms with E-state index in [0.29, 0.717) is 19.8 Å².